The van der Waals surface area contributed by atoms with Crippen molar-refractivity contribution in [2.45, 2.75) is 25.7 Å². The molecule has 1 aliphatic rings. The van der Waals surface area contributed by atoms with Crippen LogP contribution < -0.4 is 5.32 Å². The van der Waals surface area contributed by atoms with E-state index in [-0.39, 0.29) is 11.7 Å². The van der Waals surface area contributed by atoms with Gasteiger partial charge in [-0.05, 0) is 55.0 Å². The molecule has 2 aromatic carbocycles. The molecular weight excluding hydrogens is 405 g/mol. The van der Waals surface area contributed by atoms with E-state index in [4.69, 9.17) is 0 Å². The molecule has 1 amide bonds. The van der Waals surface area contributed by atoms with E-state index in [1.54, 1.807) is 29.0 Å². The van der Waals surface area contributed by atoms with Crippen molar-refractivity contribution in [2.24, 2.45) is 0 Å². The summed E-state index contributed by atoms with van der Waals surface area (Å²) in [5, 5.41) is 7.68. The number of anilines is 2. The maximum absolute atomic E-state index is 13.3. The van der Waals surface area contributed by atoms with E-state index in [0.717, 1.165) is 37.2 Å². The lowest BCUT2D eigenvalue weighted by atomic mass is 9.89. The number of amides is 1. The van der Waals surface area contributed by atoms with E-state index in [1.165, 1.54) is 17.7 Å². The zero-order valence-corrected chi connectivity index (χ0v) is 17.8. The molecule has 0 atom stereocenters. The third-order valence-electron chi connectivity index (χ3n) is 6.06. The number of piperidine rings is 1. The number of rotatable bonds is 4. The molecule has 4 aromatic rings. The first-order valence-electron chi connectivity index (χ1n) is 10.8. The zero-order valence-electron chi connectivity index (χ0n) is 17.8. The molecule has 1 N–H and O–H groups in total. The quantitative estimate of drug-likeness (QED) is 0.499. The number of aromatic nitrogens is 3. The summed E-state index contributed by atoms with van der Waals surface area (Å²) in [5.74, 6) is 0.780. The summed E-state index contributed by atoms with van der Waals surface area (Å²) in [6, 6.07) is 16.8. The van der Waals surface area contributed by atoms with Crippen LogP contribution in [0.4, 0.5) is 15.9 Å². The second-order valence-corrected chi connectivity index (χ2v) is 8.24. The molecular formula is C25H24FN5O. The van der Waals surface area contributed by atoms with Gasteiger partial charge in [0.25, 0.3) is 5.91 Å². The first-order chi connectivity index (χ1) is 15.6. The minimum atomic E-state index is -0.277. The van der Waals surface area contributed by atoms with E-state index in [1.807, 2.05) is 17.9 Å². The summed E-state index contributed by atoms with van der Waals surface area (Å²) in [6.07, 6.45) is 5.24. The fourth-order valence-electron chi connectivity index (χ4n) is 4.28. The third-order valence-corrected chi connectivity index (χ3v) is 6.06. The molecule has 162 valence electrons. The number of carbonyl (C=O) groups is 1. The van der Waals surface area contributed by atoms with Crippen LogP contribution in [0.25, 0.3) is 5.65 Å². The fourth-order valence-corrected chi connectivity index (χ4v) is 4.28. The summed E-state index contributed by atoms with van der Waals surface area (Å²) >= 11 is 0. The number of hydrogen-bond donors (Lipinski definition) is 1. The molecule has 1 aliphatic heterocycles. The molecule has 0 spiro atoms. The lowest BCUT2D eigenvalue weighted by Crippen LogP contribution is -2.38. The maximum Gasteiger partial charge on any atom is 0.256 e. The van der Waals surface area contributed by atoms with E-state index in [2.05, 4.69) is 39.7 Å². The van der Waals surface area contributed by atoms with E-state index >= 15 is 0 Å². The number of benzene rings is 2. The standard InChI is InChI=1S/C25H24FN5O/c1-17-13-21(26)7-8-22(17)28-23-14-24-27-15-20(16-31(24)29-23)25(32)30-11-9-19(10-12-30)18-5-3-2-4-6-18/h2-8,13-16,19H,9-12H2,1H3,(H,28,29). The molecule has 32 heavy (non-hydrogen) atoms. The summed E-state index contributed by atoms with van der Waals surface area (Å²) in [6.45, 7) is 3.29. The zero-order chi connectivity index (χ0) is 22.1. The van der Waals surface area contributed by atoms with Gasteiger partial charge < -0.3 is 10.2 Å². The van der Waals surface area contributed by atoms with Crippen molar-refractivity contribution in [3.63, 3.8) is 0 Å². The first-order valence-corrected chi connectivity index (χ1v) is 10.8. The van der Waals surface area contributed by atoms with Crippen molar-refractivity contribution >= 4 is 23.1 Å². The largest absolute Gasteiger partial charge is 0.339 e. The van der Waals surface area contributed by atoms with Crippen molar-refractivity contribution in [3.8, 4) is 0 Å². The van der Waals surface area contributed by atoms with E-state index in [0.29, 0.717) is 22.9 Å². The highest BCUT2D eigenvalue weighted by Crippen LogP contribution is 2.28. The molecule has 6 nitrogen and oxygen atoms in total. The number of nitrogens with one attached hydrogen (secondary N) is 1. The number of hydrogen-bond acceptors (Lipinski definition) is 4. The Bertz CT molecular complexity index is 1260. The number of likely N-dealkylation sites (tertiary alicyclic amines) is 1. The molecule has 0 aliphatic carbocycles. The van der Waals surface area contributed by atoms with Gasteiger partial charge in [0.1, 0.15) is 5.82 Å². The Kier molecular flexibility index (Phi) is 5.31. The van der Waals surface area contributed by atoms with Gasteiger partial charge in [-0.25, -0.2) is 13.9 Å². The van der Waals surface area contributed by atoms with Gasteiger partial charge in [-0.3, -0.25) is 4.79 Å². The number of nitrogens with zero attached hydrogens (tertiary/aromatic N) is 4. The van der Waals surface area contributed by atoms with Gasteiger partial charge in [-0.2, -0.15) is 0 Å². The van der Waals surface area contributed by atoms with Gasteiger partial charge in [0.15, 0.2) is 11.5 Å². The average Bonchev–Trinajstić information content (AvgIpc) is 3.23. The van der Waals surface area contributed by atoms with Gasteiger partial charge in [0.05, 0.1) is 5.56 Å². The molecule has 2 aromatic heterocycles. The number of fused-ring (bicyclic) bond motifs is 1. The van der Waals surface area contributed by atoms with Crippen molar-refractivity contribution in [1.29, 1.82) is 0 Å². The Labute approximate surface area is 185 Å². The van der Waals surface area contributed by atoms with E-state index in [9.17, 15) is 9.18 Å². The molecule has 7 heteroatoms. The van der Waals surface area contributed by atoms with Gasteiger partial charge >= 0.3 is 0 Å². The van der Waals surface area contributed by atoms with Crippen LogP contribution in [0.15, 0.2) is 67.0 Å². The number of carbonyl (C=O) groups excluding carboxylic acids is 1. The Morgan fingerprint density at radius 3 is 2.62 bits per heavy atom. The summed E-state index contributed by atoms with van der Waals surface area (Å²) < 4.78 is 14.9. The van der Waals surface area contributed by atoms with Crippen LogP contribution in [-0.4, -0.2) is 38.5 Å². The molecule has 3 heterocycles. The number of halogens is 1. The van der Waals surface area contributed by atoms with Crippen LogP contribution in [0.5, 0.6) is 0 Å². The maximum atomic E-state index is 13.3. The number of aryl methyl sites for hydroxylation is 1. The van der Waals surface area contributed by atoms with E-state index < -0.39 is 0 Å². The van der Waals surface area contributed by atoms with Gasteiger partial charge in [-0.1, -0.05) is 30.3 Å². The molecule has 1 saturated heterocycles. The Balaban J connectivity index is 1.29. The minimum Gasteiger partial charge on any atom is -0.339 e. The molecule has 0 unspecified atom stereocenters. The topological polar surface area (TPSA) is 62.5 Å². The van der Waals surface area contributed by atoms with Crippen LogP contribution in [0.2, 0.25) is 0 Å². The van der Waals surface area contributed by atoms with Crippen molar-refractivity contribution < 1.29 is 9.18 Å². The molecule has 1 fully saturated rings. The second kappa shape index (κ2) is 8.42. The van der Waals surface area contributed by atoms with Gasteiger partial charge in [0, 0.05) is 37.2 Å². The van der Waals surface area contributed by atoms with Crippen molar-refractivity contribution in [2.75, 3.05) is 18.4 Å². The highest BCUT2D eigenvalue weighted by molar-refractivity contribution is 5.94. The fraction of sp³-hybridized carbons (Fsp3) is 0.240. The smallest absolute Gasteiger partial charge is 0.256 e. The highest BCUT2D eigenvalue weighted by Gasteiger charge is 2.25. The summed E-state index contributed by atoms with van der Waals surface area (Å²) in [7, 11) is 0. The summed E-state index contributed by atoms with van der Waals surface area (Å²) in [4.78, 5) is 19.4. The van der Waals surface area contributed by atoms with Crippen LogP contribution >= 0.6 is 0 Å². The predicted octanol–water partition coefficient (Wildman–Crippen LogP) is 4.94. The molecule has 0 saturated carbocycles. The minimum absolute atomic E-state index is 0.0229. The third kappa shape index (κ3) is 4.06. The SMILES string of the molecule is Cc1cc(F)ccc1Nc1cc2ncc(C(=O)N3CCC(c4ccccc4)CC3)cn2n1. The molecule has 5 rings (SSSR count). The lowest BCUT2D eigenvalue weighted by Gasteiger charge is -2.32. The normalized spacial score (nSPS) is 14.6. The predicted molar refractivity (Wildman–Crippen MR) is 122 cm³/mol. The molecule has 0 bridgehead atoms. The first kappa shape index (κ1) is 20.2. The molecule has 0 radical (unpaired) electrons. The van der Waals surface area contributed by atoms with Crippen LogP contribution in [0, 0.1) is 12.7 Å². The van der Waals surface area contributed by atoms with Gasteiger partial charge in [0.2, 0.25) is 0 Å². The van der Waals surface area contributed by atoms with Crippen molar-refractivity contribution in [3.05, 3.63) is 89.5 Å². The van der Waals surface area contributed by atoms with Crippen LogP contribution in [-0.2, 0) is 0 Å². The van der Waals surface area contributed by atoms with Crippen LogP contribution in [0.1, 0.15) is 40.2 Å². The Hall–Kier alpha value is -3.74. The Morgan fingerprint density at radius 1 is 1.09 bits per heavy atom. The van der Waals surface area contributed by atoms with Crippen LogP contribution in [0.3, 0.4) is 0 Å². The second-order valence-electron chi connectivity index (χ2n) is 8.24. The Morgan fingerprint density at radius 2 is 1.88 bits per heavy atom. The monoisotopic (exact) mass is 429 g/mol. The highest BCUT2D eigenvalue weighted by atomic mass is 19.1. The average molecular weight is 429 g/mol. The van der Waals surface area contributed by atoms with Crippen molar-refractivity contribution in [1.82, 2.24) is 19.5 Å². The lowest BCUT2D eigenvalue weighted by molar-refractivity contribution is 0.0712. The summed E-state index contributed by atoms with van der Waals surface area (Å²) in [5.41, 5.74) is 4.04. The van der Waals surface area contributed by atoms with Gasteiger partial charge in [-0.15, -0.1) is 5.10 Å².